The van der Waals surface area contributed by atoms with Crippen LogP contribution in [-0.4, -0.2) is 79.2 Å². The van der Waals surface area contributed by atoms with Crippen molar-refractivity contribution in [3.63, 3.8) is 0 Å². The first-order valence-corrected chi connectivity index (χ1v) is 21.2. The van der Waals surface area contributed by atoms with Gasteiger partial charge in [-0.2, -0.15) is 0 Å². The van der Waals surface area contributed by atoms with E-state index in [9.17, 15) is 24.0 Å². The number of esters is 2. The number of nitrogens with zero attached hydrogens (tertiary/aromatic N) is 1. The summed E-state index contributed by atoms with van der Waals surface area (Å²) in [5.41, 5.74) is 1.57. The average molecular weight is 829 g/mol. The van der Waals surface area contributed by atoms with Crippen molar-refractivity contribution in [2.45, 2.75) is 130 Å². The lowest BCUT2D eigenvalue weighted by Gasteiger charge is -2.28. The van der Waals surface area contributed by atoms with Crippen LogP contribution in [0.15, 0.2) is 66.2 Å². The molecule has 13 heteroatoms. The van der Waals surface area contributed by atoms with Crippen LogP contribution >= 0.6 is 0 Å². The Bertz CT molecular complexity index is 1940. The van der Waals surface area contributed by atoms with Gasteiger partial charge in [0.1, 0.15) is 41.8 Å². The maximum absolute atomic E-state index is 14.2. The highest BCUT2D eigenvalue weighted by atomic mass is 16.6. The molecule has 1 aromatic heterocycles. The molecule has 4 atom stereocenters. The van der Waals surface area contributed by atoms with Crippen LogP contribution in [0.3, 0.4) is 0 Å². The summed E-state index contributed by atoms with van der Waals surface area (Å²) in [6.07, 6.45) is 11.3. The van der Waals surface area contributed by atoms with Crippen molar-refractivity contribution in [1.82, 2.24) is 20.9 Å². The van der Waals surface area contributed by atoms with Crippen molar-refractivity contribution < 1.29 is 42.9 Å². The van der Waals surface area contributed by atoms with Crippen molar-refractivity contribution in [2.24, 2.45) is 11.8 Å². The molecule has 13 nitrogen and oxygen atoms in total. The molecule has 0 bridgehead atoms. The van der Waals surface area contributed by atoms with E-state index in [1.165, 1.54) is 45.6 Å². The molecule has 0 spiro atoms. The number of ether oxygens (including phenoxy) is 4. The molecule has 2 aliphatic rings. The topological polar surface area (TPSA) is 171 Å². The molecule has 60 heavy (non-hydrogen) atoms. The third-order valence-corrected chi connectivity index (χ3v) is 10.4. The standard InChI is InChI=1S/C41H52N4O9.C6H12/c1-9-31(40(50)54-41(4,5)6)44-38(48)30-20-27(16-13-17-28(30)37(47)45-36(24(2)3)39(49)42-23-35(46)52-8)53-34-22-32(25-14-11-10-12-15-25)43-33-21-26(51-7)18-19-29(33)34;1-2-4-6-5-3-1/h10-12,14-15,17-19,21-22,24,27,30-31,36H,9,13,16,20,23H2,1-8H3,(H,42,49)(H,44,48)(H,45,47);1-6H2/t27?,30?,31-,36?;/m0./s1. The normalized spacial score (nSPS) is 17.6. The summed E-state index contributed by atoms with van der Waals surface area (Å²) in [6, 6.07) is 15.1. The molecule has 1 fully saturated rings. The third-order valence-electron chi connectivity index (χ3n) is 10.4. The summed E-state index contributed by atoms with van der Waals surface area (Å²) in [6.45, 7) is 10.1. The van der Waals surface area contributed by atoms with Gasteiger partial charge in [-0.25, -0.2) is 9.78 Å². The van der Waals surface area contributed by atoms with Crippen molar-refractivity contribution in [3.8, 4) is 22.8 Å². The quantitative estimate of drug-likeness (QED) is 0.139. The van der Waals surface area contributed by atoms with Crippen molar-refractivity contribution in [2.75, 3.05) is 20.8 Å². The number of nitrogens with one attached hydrogen (secondary N) is 3. The van der Waals surface area contributed by atoms with Crippen LogP contribution in [0, 0.1) is 11.8 Å². The first-order valence-electron chi connectivity index (χ1n) is 21.2. The highest BCUT2D eigenvalue weighted by Crippen LogP contribution is 2.35. The summed E-state index contributed by atoms with van der Waals surface area (Å²) in [5, 5.41) is 8.84. The Labute approximate surface area is 354 Å². The Morgan fingerprint density at radius 2 is 1.55 bits per heavy atom. The zero-order valence-corrected chi connectivity index (χ0v) is 36.6. The number of benzene rings is 2. The number of hydrogen-bond donors (Lipinski definition) is 3. The molecule has 2 aromatic carbocycles. The second-order valence-corrected chi connectivity index (χ2v) is 16.6. The zero-order chi connectivity index (χ0) is 43.8. The first kappa shape index (κ1) is 47.2. The molecule has 3 N–H and O–H groups in total. The number of methoxy groups -OCH3 is 2. The minimum Gasteiger partial charge on any atom is -0.497 e. The fourth-order valence-corrected chi connectivity index (χ4v) is 7.15. The summed E-state index contributed by atoms with van der Waals surface area (Å²) < 4.78 is 22.4. The van der Waals surface area contributed by atoms with E-state index in [1.807, 2.05) is 54.6 Å². The van der Waals surface area contributed by atoms with Crippen LogP contribution in [-0.2, 0) is 33.4 Å². The van der Waals surface area contributed by atoms with Gasteiger partial charge in [-0.3, -0.25) is 19.2 Å². The fraction of sp³-hybridized carbons (Fsp3) is 0.532. The number of carbonyl (C=O) groups excluding carboxylic acids is 5. The maximum Gasteiger partial charge on any atom is 0.329 e. The average Bonchev–Trinajstić information content (AvgIpc) is 3.46. The molecule has 0 saturated heterocycles. The minimum absolute atomic E-state index is 0.0807. The van der Waals surface area contributed by atoms with Crippen molar-refractivity contribution in [1.29, 1.82) is 0 Å². The first-order chi connectivity index (χ1) is 28.6. The van der Waals surface area contributed by atoms with E-state index in [1.54, 1.807) is 54.7 Å². The highest BCUT2D eigenvalue weighted by molar-refractivity contribution is 6.03. The number of aromatic nitrogens is 1. The van der Waals surface area contributed by atoms with Crippen LogP contribution in [0.5, 0.6) is 11.5 Å². The smallest absolute Gasteiger partial charge is 0.329 e. The Hall–Kier alpha value is -5.46. The third kappa shape index (κ3) is 14.1. The number of pyridine rings is 1. The van der Waals surface area contributed by atoms with Crippen molar-refractivity contribution in [3.05, 3.63) is 66.2 Å². The number of amides is 3. The van der Waals surface area contributed by atoms with E-state index in [4.69, 9.17) is 19.2 Å². The number of allylic oxidation sites excluding steroid dienone is 1. The van der Waals surface area contributed by atoms with E-state index >= 15 is 0 Å². The molecule has 2 aliphatic carbocycles. The molecular formula is C47H64N4O9. The summed E-state index contributed by atoms with van der Waals surface area (Å²) in [5.74, 6) is -3.25. The lowest BCUT2D eigenvalue weighted by molar-refractivity contribution is -0.159. The second kappa shape index (κ2) is 22.8. The lowest BCUT2D eigenvalue weighted by Crippen LogP contribution is -2.52. The fourth-order valence-electron chi connectivity index (χ4n) is 7.15. The van der Waals surface area contributed by atoms with Gasteiger partial charge in [0.15, 0.2) is 0 Å². The molecular weight excluding hydrogens is 765 g/mol. The minimum atomic E-state index is -1.07. The van der Waals surface area contributed by atoms with Crippen molar-refractivity contribution >= 4 is 40.6 Å². The summed E-state index contributed by atoms with van der Waals surface area (Å²) >= 11 is 0. The Morgan fingerprint density at radius 1 is 0.883 bits per heavy atom. The van der Waals surface area contributed by atoms with E-state index in [0.717, 1.165) is 10.9 Å². The zero-order valence-electron chi connectivity index (χ0n) is 36.6. The highest BCUT2D eigenvalue weighted by Gasteiger charge is 2.37. The largest absolute Gasteiger partial charge is 0.497 e. The van der Waals surface area contributed by atoms with Gasteiger partial charge in [0.2, 0.25) is 17.7 Å². The lowest BCUT2D eigenvalue weighted by atomic mass is 9.91. The Kier molecular flexibility index (Phi) is 17.9. The van der Waals surface area contributed by atoms with E-state index < -0.39 is 59.4 Å². The maximum atomic E-state index is 14.2. The number of fused-ring (bicyclic) bond motifs is 1. The van der Waals surface area contributed by atoms with E-state index in [2.05, 4.69) is 20.7 Å². The molecule has 0 radical (unpaired) electrons. The van der Waals surface area contributed by atoms with E-state index in [-0.39, 0.29) is 30.9 Å². The molecule has 326 valence electrons. The second-order valence-electron chi connectivity index (χ2n) is 16.6. The van der Waals surface area contributed by atoms with Gasteiger partial charge in [0.05, 0.1) is 31.3 Å². The van der Waals surface area contributed by atoms with Gasteiger partial charge in [-0.1, -0.05) is 95.7 Å². The molecule has 5 rings (SSSR count). The summed E-state index contributed by atoms with van der Waals surface area (Å²) in [7, 11) is 2.79. The molecule has 0 aliphatic heterocycles. The monoisotopic (exact) mass is 828 g/mol. The van der Waals surface area contributed by atoms with Crippen LogP contribution < -0.4 is 25.4 Å². The molecule has 3 aromatic rings. The molecule has 1 heterocycles. The van der Waals surface area contributed by atoms with Gasteiger partial charge < -0.3 is 34.9 Å². The van der Waals surface area contributed by atoms with Gasteiger partial charge in [-0.15, -0.1) is 0 Å². The molecule has 1 saturated carbocycles. The van der Waals surface area contributed by atoms with Gasteiger partial charge in [-0.05, 0) is 58.1 Å². The Morgan fingerprint density at radius 3 is 2.13 bits per heavy atom. The SMILES string of the molecule is C1CCCCC1.CC[C@H](NC(=O)C1CC(Oc2cc(-c3ccccc3)nc3cc(OC)ccc23)CCC=C1C(=O)NC(C(=O)NCC(=O)OC)C(C)C)C(=O)OC(C)(C)C. The van der Waals surface area contributed by atoms with Gasteiger partial charge in [0, 0.05) is 35.1 Å². The van der Waals surface area contributed by atoms with Gasteiger partial charge in [0.25, 0.3) is 0 Å². The van der Waals surface area contributed by atoms with Crippen LogP contribution in [0.25, 0.3) is 22.2 Å². The van der Waals surface area contributed by atoms with Crippen LogP contribution in [0.1, 0.15) is 106 Å². The summed E-state index contributed by atoms with van der Waals surface area (Å²) in [4.78, 5) is 71.1. The van der Waals surface area contributed by atoms with Crippen LogP contribution in [0.2, 0.25) is 0 Å². The number of hydrogen-bond acceptors (Lipinski definition) is 10. The predicted octanol–water partition coefficient (Wildman–Crippen LogP) is 7.39. The number of rotatable bonds is 14. The number of carbonyl (C=O) groups is 5. The van der Waals surface area contributed by atoms with Crippen LogP contribution in [0.4, 0.5) is 0 Å². The Balaban J connectivity index is 0.00000121. The van der Waals surface area contributed by atoms with Gasteiger partial charge >= 0.3 is 11.9 Å². The predicted molar refractivity (Wildman–Crippen MR) is 231 cm³/mol. The van der Waals surface area contributed by atoms with E-state index in [0.29, 0.717) is 35.6 Å². The molecule has 3 amide bonds. The molecule has 3 unspecified atom stereocenters.